The van der Waals surface area contributed by atoms with Gasteiger partial charge in [-0.1, -0.05) is 41.4 Å². The van der Waals surface area contributed by atoms with Gasteiger partial charge in [-0.15, -0.1) is 0 Å². The fourth-order valence-corrected chi connectivity index (χ4v) is 5.72. The molecule has 2 amide bonds. The van der Waals surface area contributed by atoms with Gasteiger partial charge in [0, 0.05) is 43.0 Å². The van der Waals surface area contributed by atoms with Crippen molar-refractivity contribution in [1.82, 2.24) is 19.6 Å². The molecule has 0 spiro atoms. The fraction of sp³-hybridized carbons (Fsp3) is 0.452. The number of carbonyl (C=O) groups is 2. The van der Waals surface area contributed by atoms with E-state index in [1.165, 1.54) is 11.1 Å². The third-order valence-electron chi connectivity index (χ3n) is 7.67. The van der Waals surface area contributed by atoms with Crippen LogP contribution in [0.5, 0.6) is 0 Å². The van der Waals surface area contributed by atoms with Crippen molar-refractivity contribution in [2.75, 3.05) is 26.2 Å². The topological polar surface area (TPSA) is 67.7 Å². The highest BCUT2D eigenvalue weighted by Gasteiger charge is 2.35. The number of hydrogen-bond acceptors (Lipinski definition) is 4. The number of likely N-dealkylation sites (tertiary alicyclic amines) is 2. The summed E-state index contributed by atoms with van der Waals surface area (Å²) in [5.41, 5.74) is 4.40. The highest BCUT2D eigenvalue weighted by molar-refractivity contribution is 6.30. The van der Waals surface area contributed by atoms with Gasteiger partial charge < -0.3 is 14.5 Å². The highest BCUT2D eigenvalue weighted by atomic mass is 35.5. The molecule has 39 heavy (non-hydrogen) atoms. The smallest absolute Gasteiger partial charge is 0.410 e. The van der Waals surface area contributed by atoms with Gasteiger partial charge in [0.2, 0.25) is 0 Å². The van der Waals surface area contributed by atoms with Gasteiger partial charge in [-0.25, -0.2) is 9.48 Å². The van der Waals surface area contributed by atoms with Crippen LogP contribution < -0.4 is 0 Å². The number of rotatable bonds is 4. The second-order valence-corrected chi connectivity index (χ2v) is 12.2. The van der Waals surface area contributed by atoms with Crippen molar-refractivity contribution in [3.05, 3.63) is 82.1 Å². The van der Waals surface area contributed by atoms with Crippen molar-refractivity contribution >= 4 is 23.6 Å². The van der Waals surface area contributed by atoms with Crippen LogP contribution in [0, 0.1) is 6.92 Å². The van der Waals surface area contributed by atoms with Gasteiger partial charge in [0.05, 0.1) is 23.1 Å². The van der Waals surface area contributed by atoms with E-state index in [0.717, 1.165) is 37.2 Å². The van der Waals surface area contributed by atoms with Crippen LogP contribution in [0.1, 0.15) is 79.0 Å². The maximum absolute atomic E-state index is 13.9. The number of halogens is 1. The van der Waals surface area contributed by atoms with Gasteiger partial charge >= 0.3 is 6.09 Å². The lowest BCUT2D eigenvalue weighted by Crippen LogP contribution is -2.41. The van der Waals surface area contributed by atoms with Crippen LogP contribution in [0.2, 0.25) is 5.02 Å². The van der Waals surface area contributed by atoms with Crippen molar-refractivity contribution < 1.29 is 14.3 Å². The lowest BCUT2D eigenvalue weighted by Gasteiger charge is -2.34. The lowest BCUT2D eigenvalue weighted by molar-refractivity contribution is 0.0203. The Labute approximate surface area is 235 Å². The molecular formula is C31H37ClN4O3. The molecule has 2 fully saturated rings. The first-order chi connectivity index (χ1) is 18.6. The first-order valence-electron chi connectivity index (χ1n) is 13.8. The Kier molecular flexibility index (Phi) is 7.72. The van der Waals surface area contributed by atoms with Gasteiger partial charge in [-0.2, -0.15) is 5.10 Å². The molecule has 2 aromatic carbocycles. The van der Waals surface area contributed by atoms with Crippen LogP contribution in [-0.2, 0) is 4.74 Å². The summed E-state index contributed by atoms with van der Waals surface area (Å²) in [5, 5.41) is 5.34. The van der Waals surface area contributed by atoms with Crippen LogP contribution in [-0.4, -0.2) is 63.4 Å². The van der Waals surface area contributed by atoms with Crippen LogP contribution in [0.15, 0.2) is 54.7 Å². The maximum atomic E-state index is 13.9. The molecule has 2 aliphatic heterocycles. The van der Waals surface area contributed by atoms with E-state index in [9.17, 15) is 9.59 Å². The molecular weight excluding hydrogens is 512 g/mol. The third kappa shape index (κ3) is 6.14. The number of ether oxygens (including phenoxy) is 1. The van der Waals surface area contributed by atoms with Gasteiger partial charge in [0.25, 0.3) is 5.91 Å². The molecule has 8 heteroatoms. The van der Waals surface area contributed by atoms with E-state index in [1.807, 2.05) is 54.6 Å². The number of aryl methyl sites for hydroxylation is 1. The number of benzene rings is 2. The molecule has 0 radical (unpaired) electrons. The molecule has 5 rings (SSSR count). The summed E-state index contributed by atoms with van der Waals surface area (Å²) in [6, 6.07) is 16.1. The van der Waals surface area contributed by atoms with E-state index in [0.29, 0.717) is 36.1 Å². The van der Waals surface area contributed by atoms with Crippen molar-refractivity contribution in [3.63, 3.8) is 0 Å². The minimum absolute atomic E-state index is 0.0226. The number of amides is 2. The second-order valence-electron chi connectivity index (χ2n) is 11.7. The Morgan fingerprint density at radius 3 is 2.15 bits per heavy atom. The number of piperidine rings is 1. The van der Waals surface area contributed by atoms with Crippen molar-refractivity contribution in [2.45, 2.75) is 64.4 Å². The standard InChI is InChI=1S/C31H37ClN4O3/c1-21-5-7-22(8-6-21)24-15-18-35(20-24)29(37)27-19-33-36(26-11-9-25(32)10-12-26)28(27)23-13-16-34(17-14-23)30(38)39-31(2,3)4/h5-12,19,23-24H,13-18,20H2,1-4H3/t24-/m0/s1. The minimum Gasteiger partial charge on any atom is -0.444 e. The zero-order valence-corrected chi connectivity index (χ0v) is 23.9. The Bertz CT molecular complexity index is 1320. The average molecular weight is 549 g/mol. The van der Waals surface area contributed by atoms with Crippen LogP contribution in [0.25, 0.3) is 5.69 Å². The predicted molar refractivity (Wildman–Crippen MR) is 153 cm³/mol. The molecule has 0 N–H and O–H groups in total. The van der Waals surface area contributed by atoms with E-state index in [-0.39, 0.29) is 17.9 Å². The molecule has 0 bridgehead atoms. The Hall–Kier alpha value is -3.32. The summed E-state index contributed by atoms with van der Waals surface area (Å²) in [7, 11) is 0. The Morgan fingerprint density at radius 2 is 1.51 bits per heavy atom. The largest absolute Gasteiger partial charge is 0.444 e. The number of aromatic nitrogens is 2. The summed E-state index contributed by atoms with van der Waals surface area (Å²) in [4.78, 5) is 30.3. The van der Waals surface area contributed by atoms with Gasteiger partial charge in [-0.3, -0.25) is 4.79 Å². The van der Waals surface area contributed by atoms with E-state index < -0.39 is 5.60 Å². The number of nitrogens with zero attached hydrogens (tertiary/aromatic N) is 4. The summed E-state index contributed by atoms with van der Waals surface area (Å²) in [5.74, 6) is 0.437. The van der Waals surface area contributed by atoms with Crippen LogP contribution >= 0.6 is 11.6 Å². The summed E-state index contributed by atoms with van der Waals surface area (Å²) < 4.78 is 7.47. The van der Waals surface area contributed by atoms with Crippen LogP contribution in [0.3, 0.4) is 0 Å². The van der Waals surface area contributed by atoms with Gasteiger partial charge in [0.15, 0.2) is 0 Å². The summed E-state index contributed by atoms with van der Waals surface area (Å²) >= 11 is 6.15. The third-order valence-corrected chi connectivity index (χ3v) is 7.92. The van der Waals surface area contributed by atoms with E-state index in [1.54, 1.807) is 11.1 Å². The molecule has 0 aliphatic carbocycles. The molecule has 206 valence electrons. The van der Waals surface area contributed by atoms with E-state index >= 15 is 0 Å². The van der Waals surface area contributed by atoms with E-state index in [4.69, 9.17) is 21.4 Å². The lowest BCUT2D eigenvalue weighted by atomic mass is 9.90. The molecule has 0 saturated carbocycles. The number of hydrogen-bond donors (Lipinski definition) is 0. The first kappa shape index (κ1) is 27.3. The minimum atomic E-state index is -0.535. The van der Waals surface area contributed by atoms with Crippen molar-refractivity contribution in [3.8, 4) is 5.69 Å². The molecule has 3 heterocycles. The molecule has 3 aromatic rings. The SMILES string of the molecule is Cc1ccc([C@H]2CCN(C(=O)c3cnn(-c4ccc(Cl)cc4)c3C3CCN(C(=O)OC(C)(C)C)CC3)C2)cc1. The molecule has 0 unspecified atom stereocenters. The monoisotopic (exact) mass is 548 g/mol. The van der Waals surface area contributed by atoms with Gasteiger partial charge in [0.1, 0.15) is 5.60 Å². The molecule has 7 nitrogen and oxygen atoms in total. The highest BCUT2D eigenvalue weighted by Crippen LogP contribution is 2.35. The Balaban J connectivity index is 1.39. The van der Waals surface area contributed by atoms with Crippen molar-refractivity contribution in [2.24, 2.45) is 0 Å². The summed E-state index contributed by atoms with van der Waals surface area (Å²) in [6.45, 7) is 10.3. The molecule has 1 atom stereocenters. The van der Waals surface area contributed by atoms with Crippen molar-refractivity contribution in [1.29, 1.82) is 0 Å². The van der Waals surface area contributed by atoms with Crippen LogP contribution in [0.4, 0.5) is 4.79 Å². The molecule has 2 saturated heterocycles. The zero-order valence-electron chi connectivity index (χ0n) is 23.2. The quantitative estimate of drug-likeness (QED) is 0.369. The first-order valence-corrected chi connectivity index (χ1v) is 14.1. The Morgan fingerprint density at radius 1 is 0.897 bits per heavy atom. The van der Waals surface area contributed by atoms with Gasteiger partial charge in [-0.05, 0) is 76.8 Å². The zero-order chi connectivity index (χ0) is 27.7. The average Bonchev–Trinajstić information content (AvgIpc) is 3.57. The fourth-order valence-electron chi connectivity index (χ4n) is 5.59. The molecule has 1 aromatic heterocycles. The normalized spacial score (nSPS) is 18.4. The maximum Gasteiger partial charge on any atom is 0.410 e. The summed E-state index contributed by atoms with van der Waals surface area (Å²) in [6.07, 6.45) is 3.83. The number of carbonyl (C=O) groups excluding carboxylic acids is 2. The molecule has 2 aliphatic rings. The van der Waals surface area contributed by atoms with E-state index in [2.05, 4.69) is 31.2 Å². The second kappa shape index (κ2) is 11.0. The predicted octanol–water partition coefficient (Wildman–Crippen LogP) is 6.58.